The zero-order valence-electron chi connectivity index (χ0n) is 11.9. The van der Waals surface area contributed by atoms with Crippen molar-refractivity contribution in [1.82, 2.24) is 4.98 Å². The molecule has 1 aromatic rings. The van der Waals surface area contributed by atoms with Crippen LogP contribution < -0.4 is 10.6 Å². The maximum atomic E-state index is 11.3. The van der Waals surface area contributed by atoms with Crippen LogP contribution in [0, 0.1) is 10.1 Å². The van der Waals surface area contributed by atoms with Gasteiger partial charge in [0, 0.05) is 30.4 Å². The van der Waals surface area contributed by atoms with E-state index in [1.54, 1.807) is 0 Å². The number of hydrogen-bond acceptors (Lipinski definition) is 6. The van der Waals surface area contributed by atoms with Crippen molar-refractivity contribution >= 4 is 17.3 Å². The Bertz CT molecular complexity index is 561. The molecule has 3 N–H and O–H groups in total. The fourth-order valence-corrected chi connectivity index (χ4v) is 2.59. The van der Waals surface area contributed by atoms with E-state index in [0.717, 1.165) is 32.2 Å². The Morgan fingerprint density at radius 2 is 2.33 bits per heavy atom. The van der Waals surface area contributed by atoms with E-state index < -0.39 is 4.92 Å². The van der Waals surface area contributed by atoms with E-state index in [2.05, 4.69) is 10.1 Å². The summed E-state index contributed by atoms with van der Waals surface area (Å²) in [6, 6.07) is 1.50. The number of aromatic nitrogens is 1. The summed E-state index contributed by atoms with van der Waals surface area (Å²) in [6.07, 6.45) is 5.62. The lowest BCUT2D eigenvalue weighted by Gasteiger charge is -2.27. The zero-order chi connectivity index (χ0) is 15.4. The highest BCUT2D eigenvalue weighted by molar-refractivity contribution is 5.97. The maximum Gasteiger partial charge on any atom is 0.312 e. The molecule has 1 atom stereocenters. The monoisotopic (exact) mass is 293 g/mol. The lowest BCUT2D eigenvalue weighted by molar-refractivity contribution is -0.384. The molecule has 0 radical (unpaired) electrons. The summed E-state index contributed by atoms with van der Waals surface area (Å²) in [7, 11) is 0. The molecule has 1 fully saturated rings. The highest BCUT2D eigenvalue weighted by atomic mass is 16.6. The number of nitrogens with zero attached hydrogens (tertiary/aromatic N) is 4. The van der Waals surface area contributed by atoms with Crippen molar-refractivity contribution in [2.24, 2.45) is 10.9 Å². The minimum Gasteiger partial charge on any atom is -0.409 e. The van der Waals surface area contributed by atoms with Gasteiger partial charge >= 0.3 is 5.69 Å². The number of amidine groups is 1. The first-order valence-corrected chi connectivity index (χ1v) is 6.93. The minimum absolute atomic E-state index is 0.118. The van der Waals surface area contributed by atoms with Crippen LogP contribution in [0.2, 0.25) is 0 Å². The Kier molecular flexibility index (Phi) is 4.56. The van der Waals surface area contributed by atoms with Crippen LogP contribution in [-0.2, 0) is 0 Å². The van der Waals surface area contributed by atoms with Crippen molar-refractivity contribution in [1.29, 1.82) is 0 Å². The van der Waals surface area contributed by atoms with Crippen molar-refractivity contribution in [3.8, 4) is 0 Å². The molecule has 1 aliphatic rings. The van der Waals surface area contributed by atoms with Gasteiger partial charge in [-0.2, -0.15) is 0 Å². The topological polar surface area (TPSA) is 118 Å². The highest BCUT2D eigenvalue weighted by Crippen LogP contribution is 2.30. The van der Waals surface area contributed by atoms with Gasteiger partial charge in [0.05, 0.1) is 4.92 Å². The summed E-state index contributed by atoms with van der Waals surface area (Å²) in [5, 5.41) is 22.8. The Hall–Kier alpha value is -2.38. The van der Waals surface area contributed by atoms with E-state index in [4.69, 9.17) is 10.9 Å². The molecule has 1 unspecified atom stereocenters. The summed E-state index contributed by atoms with van der Waals surface area (Å²) < 4.78 is 0. The number of anilines is 1. The smallest absolute Gasteiger partial charge is 0.312 e. The van der Waals surface area contributed by atoms with Gasteiger partial charge in [0.2, 0.25) is 5.82 Å². The number of pyridine rings is 1. The van der Waals surface area contributed by atoms with Gasteiger partial charge in [-0.25, -0.2) is 4.98 Å². The molecule has 8 nitrogen and oxygen atoms in total. The van der Waals surface area contributed by atoms with E-state index in [9.17, 15) is 10.1 Å². The Balaban J connectivity index is 2.44. The molecule has 0 aliphatic carbocycles. The second-order valence-corrected chi connectivity index (χ2v) is 5.20. The molecule has 0 amide bonds. The molecule has 1 aliphatic heterocycles. The molecule has 1 saturated heterocycles. The Labute approximate surface area is 122 Å². The fraction of sp³-hybridized carbons (Fsp3) is 0.538. The average Bonchev–Trinajstić information content (AvgIpc) is 2.70. The van der Waals surface area contributed by atoms with E-state index in [1.165, 1.54) is 12.3 Å². The first-order valence-electron chi connectivity index (χ1n) is 6.93. The van der Waals surface area contributed by atoms with Crippen LogP contribution in [-0.4, -0.2) is 33.5 Å². The van der Waals surface area contributed by atoms with Crippen molar-refractivity contribution in [3.63, 3.8) is 0 Å². The van der Waals surface area contributed by atoms with Crippen molar-refractivity contribution in [3.05, 3.63) is 27.9 Å². The van der Waals surface area contributed by atoms with Crippen molar-refractivity contribution < 1.29 is 10.1 Å². The molecule has 0 saturated carbocycles. The van der Waals surface area contributed by atoms with Crippen LogP contribution in [0.5, 0.6) is 0 Å². The molecular weight excluding hydrogens is 274 g/mol. The summed E-state index contributed by atoms with van der Waals surface area (Å²) in [4.78, 5) is 17.0. The molecule has 0 aromatic carbocycles. The number of nitrogens with two attached hydrogens (primary N) is 1. The van der Waals surface area contributed by atoms with E-state index in [-0.39, 0.29) is 23.1 Å². The Morgan fingerprint density at radius 3 is 3.00 bits per heavy atom. The van der Waals surface area contributed by atoms with Crippen LogP contribution in [0.25, 0.3) is 0 Å². The first kappa shape index (κ1) is 15.0. The molecule has 2 rings (SSSR count). The average molecular weight is 293 g/mol. The van der Waals surface area contributed by atoms with Gasteiger partial charge < -0.3 is 15.8 Å². The van der Waals surface area contributed by atoms with Crippen LogP contribution in [0.4, 0.5) is 11.5 Å². The van der Waals surface area contributed by atoms with E-state index >= 15 is 0 Å². The second kappa shape index (κ2) is 6.38. The SMILES string of the molecule is CC1CCCCCN1c1ncc(C(N)=NO)cc1[N+](=O)[O-]. The molecule has 0 spiro atoms. The predicted molar refractivity (Wildman–Crippen MR) is 78.7 cm³/mol. The predicted octanol–water partition coefficient (Wildman–Crippen LogP) is 1.85. The molecule has 2 heterocycles. The molecular formula is C13H19N5O3. The zero-order valence-corrected chi connectivity index (χ0v) is 11.9. The lowest BCUT2D eigenvalue weighted by Crippen LogP contribution is -2.33. The highest BCUT2D eigenvalue weighted by Gasteiger charge is 2.27. The summed E-state index contributed by atoms with van der Waals surface area (Å²) in [5.74, 6) is 0.157. The van der Waals surface area contributed by atoms with Crippen LogP contribution in [0.15, 0.2) is 17.4 Å². The van der Waals surface area contributed by atoms with E-state index in [1.807, 2.05) is 11.8 Å². The molecule has 1 aromatic heterocycles. The van der Waals surface area contributed by atoms with Gasteiger partial charge in [-0.3, -0.25) is 10.1 Å². The largest absolute Gasteiger partial charge is 0.409 e. The van der Waals surface area contributed by atoms with Gasteiger partial charge in [-0.1, -0.05) is 18.0 Å². The molecule has 21 heavy (non-hydrogen) atoms. The first-order chi connectivity index (χ1) is 10.0. The summed E-state index contributed by atoms with van der Waals surface area (Å²) in [5.41, 5.74) is 5.58. The van der Waals surface area contributed by atoms with Crippen LogP contribution in [0.3, 0.4) is 0 Å². The quantitative estimate of drug-likeness (QED) is 0.289. The van der Waals surface area contributed by atoms with Gasteiger partial charge in [-0.15, -0.1) is 0 Å². The third kappa shape index (κ3) is 3.21. The van der Waals surface area contributed by atoms with E-state index in [0.29, 0.717) is 5.82 Å². The molecule has 114 valence electrons. The standard InChI is InChI=1S/C13H19N5O3/c1-9-5-3-2-4-6-17(9)13-11(18(20)21)7-10(8-15-13)12(14)16-19/h7-9,19H,2-6H2,1H3,(H2,14,16). The number of nitro groups is 1. The van der Waals surface area contributed by atoms with Crippen molar-refractivity contribution in [2.75, 3.05) is 11.4 Å². The number of hydrogen-bond donors (Lipinski definition) is 2. The van der Waals surface area contributed by atoms with Crippen LogP contribution >= 0.6 is 0 Å². The third-order valence-electron chi connectivity index (χ3n) is 3.77. The van der Waals surface area contributed by atoms with Crippen LogP contribution in [0.1, 0.15) is 38.2 Å². The lowest BCUT2D eigenvalue weighted by atomic mass is 10.1. The van der Waals surface area contributed by atoms with Gasteiger partial charge in [0.25, 0.3) is 0 Å². The number of rotatable bonds is 3. The fourth-order valence-electron chi connectivity index (χ4n) is 2.59. The summed E-state index contributed by atoms with van der Waals surface area (Å²) in [6.45, 7) is 2.80. The maximum absolute atomic E-state index is 11.3. The summed E-state index contributed by atoms with van der Waals surface area (Å²) >= 11 is 0. The third-order valence-corrected chi connectivity index (χ3v) is 3.77. The van der Waals surface area contributed by atoms with Gasteiger partial charge in [-0.05, 0) is 19.8 Å². The molecule has 8 heteroatoms. The van der Waals surface area contributed by atoms with Crippen molar-refractivity contribution in [2.45, 2.75) is 38.6 Å². The Morgan fingerprint density at radius 1 is 1.57 bits per heavy atom. The minimum atomic E-state index is -0.478. The number of oxime groups is 1. The normalized spacial score (nSPS) is 20.1. The van der Waals surface area contributed by atoms with Gasteiger partial charge in [0.1, 0.15) is 0 Å². The molecule has 0 bridgehead atoms. The van der Waals surface area contributed by atoms with Gasteiger partial charge in [0.15, 0.2) is 5.84 Å². The second-order valence-electron chi connectivity index (χ2n) is 5.20.